The molecule has 5 N–H and O–H groups in total. The molecule has 4 rings (SSSR count). The van der Waals surface area contributed by atoms with Crippen LogP contribution in [0.1, 0.15) is 100 Å². The SMILES string of the molecule is C[C@@H](C[C@@H](O)[C@H](O)C(C)(C)O)[C@H]1CC=C2[C@]3(C)[C@H](O)C[C@H]4C(C)(C)[C@H](O)CC[C@]4(C)[C@H]3CC[C@@]21C. The predicted octanol–water partition coefficient (Wildman–Crippen LogP) is 4.44. The third-order valence-corrected chi connectivity index (χ3v) is 12.1. The van der Waals surface area contributed by atoms with Crippen LogP contribution in [0.25, 0.3) is 0 Å². The van der Waals surface area contributed by atoms with Gasteiger partial charge in [-0.2, -0.15) is 0 Å². The lowest BCUT2D eigenvalue weighted by molar-refractivity contribution is -0.212. The highest BCUT2D eigenvalue weighted by Crippen LogP contribution is 2.73. The van der Waals surface area contributed by atoms with Gasteiger partial charge in [0.05, 0.1) is 23.9 Å². The van der Waals surface area contributed by atoms with Crippen molar-refractivity contribution in [1.29, 1.82) is 0 Å². The first-order valence-electron chi connectivity index (χ1n) is 14.1. The van der Waals surface area contributed by atoms with Gasteiger partial charge >= 0.3 is 0 Å². The van der Waals surface area contributed by atoms with Gasteiger partial charge in [-0.1, -0.05) is 53.2 Å². The highest BCUT2D eigenvalue weighted by Gasteiger charge is 2.68. The van der Waals surface area contributed by atoms with E-state index in [1.807, 2.05) is 0 Å². The van der Waals surface area contributed by atoms with Crippen molar-refractivity contribution in [3.8, 4) is 0 Å². The molecule has 0 spiro atoms. The van der Waals surface area contributed by atoms with E-state index in [4.69, 9.17) is 0 Å². The second-order valence-corrected chi connectivity index (χ2v) is 14.8. The van der Waals surface area contributed by atoms with Gasteiger partial charge in [0.2, 0.25) is 0 Å². The summed E-state index contributed by atoms with van der Waals surface area (Å²) in [5.74, 6) is 1.19. The van der Waals surface area contributed by atoms with Crippen LogP contribution < -0.4 is 0 Å². The van der Waals surface area contributed by atoms with Gasteiger partial charge in [0.1, 0.15) is 6.10 Å². The van der Waals surface area contributed by atoms with Gasteiger partial charge in [0.15, 0.2) is 0 Å². The minimum Gasteiger partial charge on any atom is -0.393 e. The zero-order chi connectivity index (χ0) is 26.4. The van der Waals surface area contributed by atoms with Gasteiger partial charge in [0.25, 0.3) is 0 Å². The van der Waals surface area contributed by atoms with Crippen LogP contribution in [-0.2, 0) is 0 Å². The molecule has 4 aliphatic carbocycles. The van der Waals surface area contributed by atoms with Crippen molar-refractivity contribution in [2.24, 2.45) is 45.3 Å². The normalized spacial score (nSPS) is 47.7. The molecule has 0 aliphatic heterocycles. The van der Waals surface area contributed by atoms with Gasteiger partial charge in [-0.3, -0.25) is 0 Å². The Hall–Kier alpha value is -0.460. The van der Waals surface area contributed by atoms with Crippen molar-refractivity contribution in [1.82, 2.24) is 0 Å². The monoisotopic (exact) mass is 492 g/mol. The molecule has 0 heterocycles. The smallest absolute Gasteiger partial charge is 0.108 e. The van der Waals surface area contributed by atoms with Crippen LogP contribution >= 0.6 is 0 Å². The lowest BCUT2D eigenvalue weighted by Gasteiger charge is -2.68. The second-order valence-electron chi connectivity index (χ2n) is 14.8. The summed E-state index contributed by atoms with van der Waals surface area (Å²) < 4.78 is 0. The summed E-state index contributed by atoms with van der Waals surface area (Å²) in [7, 11) is 0. The zero-order valence-corrected chi connectivity index (χ0v) is 23.4. The number of allylic oxidation sites excluding steroid dienone is 1. The number of hydrogen-bond donors (Lipinski definition) is 5. The van der Waals surface area contributed by atoms with E-state index < -0.39 is 23.9 Å². The van der Waals surface area contributed by atoms with Gasteiger partial charge in [0, 0.05) is 5.41 Å². The fourth-order valence-corrected chi connectivity index (χ4v) is 9.99. The third-order valence-electron chi connectivity index (χ3n) is 12.1. The van der Waals surface area contributed by atoms with E-state index >= 15 is 0 Å². The Morgan fingerprint density at radius 3 is 2.20 bits per heavy atom. The predicted molar refractivity (Wildman–Crippen MR) is 138 cm³/mol. The van der Waals surface area contributed by atoms with Crippen molar-refractivity contribution < 1.29 is 25.5 Å². The van der Waals surface area contributed by atoms with E-state index in [0.717, 1.165) is 38.5 Å². The summed E-state index contributed by atoms with van der Waals surface area (Å²) in [5, 5.41) is 53.9. The van der Waals surface area contributed by atoms with E-state index in [9.17, 15) is 25.5 Å². The number of fused-ring (bicyclic) bond motifs is 5. The second kappa shape index (κ2) is 8.53. The minimum absolute atomic E-state index is 0.0437. The molecule has 202 valence electrons. The summed E-state index contributed by atoms with van der Waals surface area (Å²) in [5.41, 5.74) is -0.363. The quantitative estimate of drug-likeness (QED) is 0.365. The number of rotatable bonds is 5. The molecule has 4 aliphatic rings. The first kappa shape index (κ1) is 27.6. The van der Waals surface area contributed by atoms with E-state index in [-0.39, 0.29) is 33.7 Å². The summed E-state index contributed by atoms with van der Waals surface area (Å²) in [4.78, 5) is 0. The molecule has 0 bridgehead atoms. The lowest BCUT2D eigenvalue weighted by Crippen LogP contribution is -2.65. The lowest BCUT2D eigenvalue weighted by atomic mass is 9.37. The van der Waals surface area contributed by atoms with E-state index in [1.165, 1.54) is 19.4 Å². The molecule has 0 aromatic rings. The van der Waals surface area contributed by atoms with Gasteiger partial charge in [-0.05, 0) is 98.7 Å². The van der Waals surface area contributed by atoms with Crippen molar-refractivity contribution in [3.63, 3.8) is 0 Å². The van der Waals surface area contributed by atoms with Crippen LogP contribution in [0.5, 0.6) is 0 Å². The van der Waals surface area contributed by atoms with Crippen molar-refractivity contribution >= 4 is 0 Å². The summed E-state index contributed by atoms with van der Waals surface area (Å²) in [6.07, 6.45) is 5.60. The fourth-order valence-electron chi connectivity index (χ4n) is 9.99. The van der Waals surface area contributed by atoms with Crippen LogP contribution in [0.3, 0.4) is 0 Å². The van der Waals surface area contributed by atoms with Crippen molar-refractivity contribution in [2.45, 2.75) is 130 Å². The Labute approximate surface area is 213 Å². The molecule has 3 saturated carbocycles. The third kappa shape index (κ3) is 3.90. The highest BCUT2D eigenvalue weighted by atomic mass is 16.4. The molecule has 3 fully saturated rings. The molecule has 0 unspecified atom stereocenters. The van der Waals surface area contributed by atoms with Crippen LogP contribution in [0.2, 0.25) is 0 Å². The molecule has 0 amide bonds. The Morgan fingerprint density at radius 2 is 1.60 bits per heavy atom. The molecule has 5 nitrogen and oxygen atoms in total. The van der Waals surface area contributed by atoms with E-state index in [0.29, 0.717) is 24.2 Å². The number of hydrogen-bond acceptors (Lipinski definition) is 5. The van der Waals surface area contributed by atoms with Crippen molar-refractivity contribution in [3.05, 3.63) is 11.6 Å². The van der Waals surface area contributed by atoms with E-state index in [1.54, 1.807) is 0 Å². The molecule has 11 atom stereocenters. The first-order chi connectivity index (χ1) is 15.9. The summed E-state index contributed by atoms with van der Waals surface area (Å²) >= 11 is 0. The minimum atomic E-state index is -1.34. The molecular formula is C30H52O5. The molecule has 0 saturated heterocycles. The van der Waals surface area contributed by atoms with Gasteiger partial charge in [-0.15, -0.1) is 0 Å². The largest absolute Gasteiger partial charge is 0.393 e. The standard InChI is InChI=1S/C30H52O5/c1-17(15-19(31)25(34)27(4,5)35)18-9-10-20-28(18,6)13-11-21-29(7)14-12-23(32)26(2,3)22(29)16-24(33)30(20,21)8/h10,17-19,21-25,31-35H,9,11-16H2,1-8H3/t17-,18+,19+,21+,22-,23+,24+,25-,28+,29+,30-/m0/s1. The average molecular weight is 493 g/mol. The molecular weight excluding hydrogens is 440 g/mol. The summed E-state index contributed by atoms with van der Waals surface area (Å²) in [6.45, 7) is 16.7. The molecule has 0 aromatic carbocycles. The Bertz CT molecular complexity index is 844. The molecule has 0 aromatic heterocycles. The van der Waals surface area contributed by atoms with Gasteiger partial charge in [-0.25, -0.2) is 0 Å². The number of aliphatic hydroxyl groups excluding tert-OH is 4. The molecule has 0 radical (unpaired) electrons. The van der Waals surface area contributed by atoms with Crippen LogP contribution in [0, 0.1) is 45.3 Å². The molecule has 5 heteroatoms. The maximum absolute atomic E-state index is 11.8. The van der Waals surface area contributed by atoms with Crippen molar-refractivity contribution in [2.75, 3.05) is 0 Å². The number of aliphatic hydroxyl groups is 5. The van der Waals surface area contributed by atoms with Crippen LogP contribution in [0.15, 0.2) is 11.6 Å². The fraction of sp³-hybridized carbons (Fsp3) is 0.933. The zero-order valence-electron chi connectivity index (χ0n) is 23.4. The van der Waals surface area contributed by atoms with Crippen LogP contribution in [-0.4, -0.2) is 55.5 Å². The maximum atomic E-state index is 11.8. The summed E-state index contributed by atoms with van der Waals surface area (Å²) in [6, 6.07) is 0. The van der Waals surface area contributed by atoms with Gasteiger partial charge < -0.3 is 25.5 Å². The van der Waals surface area contributed by atoms with E-state index in [2.05, 4.69) is 47.6 Å². The van der Waals surface area contributed by atoms with Crippen LogP contribution in [0.4, 0.5) is 0 Å². The Kier molecular flexibility index (Phi) is 6.72. The molecule has 35 heavy (non-hydrogen) atoms. The highest BCUT2D eigenvalue weighted by molar-refractivity contribution is 5.36. The Balaban J connectivity index is 1.61. The average Bonchev–Trinajstić information content (AvgIpc) is 3.10. The maximum Gasteiger partial charge on any atom is 0.108 e. The topological polar surface area (TPSA) is 101 Å². The first-order valence-corrected chi connectivity index (χ1v) is 14.1. The Morgan fingerprint density at radius 1 is 0.971 bits per heavy atom.